The lowest BCUT2D eigenvalue weighted by atomic mass is 10.2. The predicted octanol–water partition coefficient (Wildman–Crippen LogP) is 4.50. The molecule has 2 aromatic carbocycles. The third-order valence-electron chi connectivity index (χ3n) is 4.99. The Morgan fingerprint density at radius 2 is 1.90 bits per heavy atom. The van der Waals surface area contributed by atoms with Gasteiger partial charge in [-0.3, -0.25) is 5.10 Å². The average Bonchev–Trinajstić information content (AvgIpc) is 3.17. The Kier molecular flexibility index (Phi) is 5.92. The van der Waals surface area contributed by atoms with Gasteiger partial charge in [-0.15, -0.1) is 5.10 Å². The van der Waals surface area contributed by atoms with Gasteiger partial charge >= 0.3 is 0 Å². The first kappa shape index (κ1) is 19.6. The summed E-state index contributed by atoms with van der Waals surface area (Å²) in [6.45, 7) is 4.27. The van der Waals surface area contributed by atoms with E-state index >= 15 is 0 Å². The average molecular weight is 457 g/mol. The summed E-state index contributed by atoms with van der Waals surface area (Å²) in [4.78, 5) is 4.77. The number of H-pyrrole nitrogens is 1. The van der Waals surface area contributed by atoms with E-state index in [1.165, 1.54) is 5.69 Å². The van der Waals surface area contributed by atoms with E-state index in [9.17, 15) is 0 Å². The Morgan fingerprint density at radius 1 is 1.07 bits per heavy atom. The molecule has 0 atom stereocenters. The molecule has 0 saturated carbocycles. The fraction of sp³-hybridized carbons (Fsp3) is 0.286. The zero-order valence-electron chi connectivity index (χ0n) is 16.6. The second-order valence-corrected chi connectivity index (χ2v) is 7.93. The number of piperazine rings is 1. The number of aromatic amines is 1. The van der Waals surface area contributed by atoms with Gasteiger partial charge in [0.1, 0.15) is 11.6 Å². The number of halogens is 1. The molecule has 152 valence electrons. The molecule has 0 unspecified atom stereocenters. The van der Waals surface area contributed by atoms with Gasteiger partial charge in [0.05, 0.1) is 5.69 Å². The van der Waals surface area contributed by atoms with Crippen molar-refractivity contribution in [2.45, 2.75) is 0 Å². The van der Waals surface area contributed by atoms with Gasteiger partial charge in [-0.2, -0.15) is 0 Å². The van der Waals surface area contributed by atoms with Crippen molar-refractivity contribution in [1.82, 2.24) is 15.1 Å². The molecule has 1 aliphatic rings. The van der Waals surface area contributed by atoms with Gasteiger partial charge in [0.2, 0.25) is 5.88 Å². The van der Waals surface area contributed by atoms with E-state index in [2.05, 4.69) is 71.8 Å². The van der Waals surface area contributed by atoms with Crippen LogP contribution in [-0.2, 0) is 0 Å². The Bertz CT molecular complexity index is 967. The zero-order chi connectivity index (χ0) is 20.2. The molecule has 0 radical (unpaired) electrons. The molecule has 3 N–H and O–H groups in total. The van der Waals surface area contributed by atoms with Gasteiger partial charge < -0.3 is 25.2 Å². The van der Waals surface area contributed by atoms with Crippen molar-refractivity contribution >= 4 is 38.8 Å². The second-order valence-electron chi connectivity index (χ2n) is 7.08. The Labute approximate surface area is 179 Å². The molecule has 0 amide bonds. The van der Waals surface area contributed by atoms with Crippen molar-refractivity contribution in [3.8, 4) is 11.6 Å². The van der Waals surface area contributed by atoms with Crippen molar-refractivity contribution < 1.29 is 4.74 Å². The van der Waals surface area contributed by atoms with E-state index in [0.717, 1.165) is 53.6 Å². The molecule has 29 heavy (non-hydrogen) atoms. The first-order valence-corrected chi connectivity index (χ1v) is 10.4. The summed E-state index contributed by atoms with van der Waals surface area (Å²) in [7, 11) is 4.04. The normalized spacial score (nSPS) is 14.7. The fourth-order valence-electron chi connectivity index (χ4n) is 3.27. The van der Waals surface area contributed by atoms with E-state index < -0.39 is 0 Å². The second kappa shape index (κ2) is 8.75. The summed E-state index contributed by atoms with van der Waals surface area (Å²) in [5.41, 5.74) is 3.18. The summed E-state index contributed by atoms with van der Waals surface area (Å²) in [5, 5.41) is 13.7. The molecule has 1 aromatic heterocycles. The van der Waals surface area contributed by atoms with Crippen LogP contribution in [0.4, 0.5) is 22.9 Å². The minimum atomic E-state index is 0.505. The standard InChI is InChI=1S/C21H25BrN6O/c1-23-15-4-3-5-17(12-15)29-21-14-20(25-26-21)24-19-7-6-16(13-18(19)22)28-10-8-27(2)9-11-28/h3-7,12-14,23H,8-11H2,1-2H3,(H2,24,25,26). The number of ether oxygens (including phenoxy) is 1. The number of hydrogen-bond donors (Lipinski definition) is 3. The molecule has 0 aliphatic carbocycles. The predicted molar refractivity (Wildman–Crippen MR) is 122 cm³/mol. The van der Waals surface area contributed by atoms with E-state index in [0.29, 0.717) is 5.88 Å². The molecule has 7 nitrogen and oxygen atoms in total. The summed E-state index contributed by atoms with van der Waals surface area (Å²) in [6.07, 6.45) is 0. The summed E-state index contributed by atoms with van der Waals surface area (Å²) in [6, 6.07) is 16.0. The molecule has 2 heterocycles. The summed E-state index contributed by atoms with van der Waals surface area (Å²) >= 11 is 3.69. The van der Waals surface area contributed by atoms with E-state index in [1.807, 2.05) is 37.4 Å². The highest BCUT2D eigenvalue weighted by molar-refractivity contribution is 9.10. The quantitative estimate of drug-likeness (QED) is 0.507. The number of benzene rings is 2. The molecule has 8 heteroatoms. The van der Waals surface area contributed by atoms with Crippen LogP contribution in [0.3, 0.4) is 0 Å². The lowest BCUT2D eigenvalue weighted by Gasteiger charge is -2.34. The van der Waals surface area contributed by atoms with Crippen LogP contribution in [-0.4, -0.2) is 55.4 Å². The van der Waals surface area contributed by atoms with Gasteiger partial charge in [-0.25, -0.2) is 0 Å². The van der Waals surface area contributed by atoms with Gasteiger partial charge in [0.25, 0.3) is 0 Å². The first-order valence-electron chi connectivity index (χ1n) is 9.62. The lowest BCUT2D eigenvalue weighted by molar-refractivity contribution is 0.313. The van der Waals surface area contributed by atoms with E-state index in [4.69, 9.17) is 4.74 Å². The maximum absolute atomic E-state index is 5.83. The number of rotatable bonds is 6. The fourth-order valence-corrected chi connectivity index (χ4v) is 3.73. The van der Waals surface area contributed by atoms with Gasteiger partial charge in [-0.1, -0.05) is 6.07 Å². The number of likely N-dealkylation sites (N-methyl/N-ethyl adjacent to an activating group) is 1. The summed E-state index contributed by atoms with van der Waals surface area (Å²) in [5.74, 6) is 2.00. The minimum Gasteiger partial charge on any atom is -0.437 e. The van der Waals surface area contributed by atoms with Crippen molar-refractivity contribution in [2.75, 3.05) is 55.8 Å². The van der Waals surface area contributed by atoms with Crippen molar-refractivity contribution in [2.24, 2.45) is 0 Å². The SMILES string of the molecule is CNc1cccc(Oc2cc(Nc3ccc(N4CCN(C)CC4)cc3Br)[nH]n2)c1. The smallest absolute Gasteiger partial charge is 0.240 e. The number of nitrogens with zero attached hydrogens (tertiary/aromatic N) is 3. The van der Waals surface area contributed by atoms with Crippen LogP contribution >= 0.6 is 15.9 Å². The number of nitrogens with one attached hydrogen (secondary N) is 3. The topological polar surface area (TPSA) is 68.5 Å². The van der Waals surface area contributed by atoms with Crippen LogP contribution in [0, 0.1) is 0 Å². The zero-order valence-corrected chi connectivity index (χ0v) is 18.2. The van der Waals surface area contributed by atoms with Crippen LogP contribution in [0.1, 0.15) is 0 Å². The number of anilines is 4. The number of hydrogen-bond acceptors (Lipinski definition) is 6. The highest BCUT2D eigenvalue weighted by atomic mass is 79.9. The molecular weight excluding hydrogens is 432 g/mol. The van der Waals surface area contributed by atoms with Crippen molar-refractivity contribution in [3.05, 3.63) is 53.0 Å². The van der Waals surface area contributed by atoms with Gasteiger partial charge in [0, 0.05) is 61.2 Å². The molecule has 4 rings (SSSR count). The minimum absolute atomic E-state index is 0.505. The van der Waals surface area contributed by atoms with Gasteiger partial charge in [-0.05, 0) is 53.3 Å². The highest BCUT2D eigenvalue weighted by Gasteiger charge is 2.15. The van der Waals surface area contributed by atoms with Gasteiger partial charge in [0.15, 0.2) is 0 Å². The van der Waals surface area contributed by atoms with E-state index in [-0.39, 0.29) is 0 Å². The third kappa shape index (κ3) is 4.83. The van der Waals surface area contributed by atoms with Crippen LogP contribution in [0.25, 0.3) is 0 Å². The lowest BCUT2D eigenvalue weighted by Crippen LogP contribution is -2.44. The van der Waals surface area contributed by atoms with Crippen LogP contribution in [0.15, 0.2) is 53.0 Å². The van der Waals surface area contributed by atoms with Crippen molar-refractivity contribution in [1.29, 1.82) is 0 Å². The molecule has 0 spiro atoms. The Balaban J connectivity index is 1.41. The molecule has 1 aliphatic heterocycles. The molecule has 3 aromatic rings. The largest absolute Gasteiger partial charge is 0.437 e. The Morgan fingerprint density at radius 3 is 2.66 bits per heavy atom. The van der Waals surface area contributed by atoms with Crippen LogP contribution in [0.5, 0.6) is 11.6 Å². The van der Waals surface area contributed by atoms with E-state index in [1.54, 1.807) is 0 Å². The first-order chi connectivity index (χ1) is 14.1. The van der Waals surface area contributed by atoms with Crippen molar-refractivity contribution in [3.63, 3.8) is 0 Å². The number of aromatic nitrogens is 2. The highest BCUT2D eigenvalue weighted by Crippen LogP contribution is 2.31. The summed E-state index contributed by atoms with van der Waals surface area (Å²) < 4.78 is 6.84. The molecule has 1 saturated heterocycles. The van der Waals surface area contributed by atoms with Crippen LogP contribution in [0.2, 0.25) is 0 Å². The third-order valence-corrected chi connectivity index (χ3v) is 5.65. The monoisotopic (exact) mass is 456 g/mol. The molecule has 1 fully saturated rings. The molecule has 0 bridgehead atoms. The maximum Gasteiger partial charge on any atom is 0.240 e. The maximum atomic E-state index is 5.83. The molecular formula is C21H25BrN6O. The van der Waals surface area contributed by atoms with Crippen LogP contribution < -0.4 is 20.3 Å². The Hall–Kier alpha value is -2.71.